The second kappa shape index (κ2) is 9.38. The van der Waals surface area contributed by atoms with E-state index in [0.717, 1.165) is 6.42 Å². The van der Waals surface area contributed by atoms with Crippen LogP contribution in [0.2, 0.25) is 0 Å². The number of hydrogen-bond acceptors (Lipinski definition) is 7. The fourth-order valence-electron chi connectivity index (χ4n) is 3.36. The number of carbonyl (C=O) groups is 4. The molecule has 1 fully saturated rings. The summed E-state index contributed by atoms with van der Waals surface area (Å²) < 4.78 is 15.8. The first-order chi connectivity index (χ1) is 15.5. The Morgan fingerprint density at radius 3 is 2.47 bits per heavy atom. The molecule has 2 aliphatic heterocycles. The maximum Gasteiger partial charge on any atom is 0.338 e. The fourth-order valence-corrected chi connectivity index (χ4v) is 3.36. The van der Waals surface area contributed by atoms with Crippen molar-refractivity contribution < 1.29 is 33.4 Å². The SMILES string of the molecule is O=C(COC(=O)c1ccc(N2CCCC2=O)cc1)NC(=O)Nc1ccc2c(c1)OCCO2. The Morgan fingerprint density at radius 1 is 1.00 bits per heavy atom. The lowest BCUT2D eigenvalue weighted by Gasteiger charge is -2.19. The molecule has 0 radical (unpaired) electrons. The minimum Gasteiger partial charge on any atom is -0.486 e. The Hall–Kier alpha value is -4.08. The molecule has 2 N–H and O–H groups in total. The van der Waals surface area contributed by atoms with E-state index in [1.165, 1.54) is 12.1 Å². The van der Waals surface area contributed by atoms with Crippen molar-refractivity contribution in [2.24, 2.45) is 0 Å². The highest BCUT2D eigenvalue weighted by Crippen LogP contribution is 2.32. The van der Waals surface area contributed by atoms with E-state index < -0.39 is 24.5 Å². The monoisotopic (exact) mass is 439 g/mol. The zero-order chi connectivity index (χ0) is 22.5. The molecule has 0 saturated carbocycles. The van der Waals surface area contributed by atoms with Crippen LogP contribution < -0.4 is 25.0 Å². The molecule has 0 aromatic heterocycles. The van der Waals surface area contributed by atoms with Gasteiger partial charge in [-0.15, -0.1) is 0 Å². The van der Waals surface area contributed by atoms with E-state index in [-0.39, 0.29) is 11.5 Å². The molecule has 2 heterocycles. The average molecular weight is 439 g/mol. The number of carbonyl (C=O) groups excluding carboxylic acids is 4. The molecule has 1 saturated heterocycles. The van der Waals surface area contributed by atoms with Crippen molar-refractivity contribution >= 4 is 35.2 Å². The van der Waals surface area contributed by atoms with Crippen LogP contribution >= 0.6 is 0 Å². The van der Waals surface area contributed by atoms with Crippen LogP contribution in [0.15, 0.2) is 42.5 Å². The maximum absolute atomic E-state index is 12.2. The number of nitrogens with one attached hydrogen (secondary N) is 2. The number of nitrogens with zero attached hydrogens (tertiary/aromatic N) is 1. The van der Waals surface area contributed by atoms with Gasteiger partial charge in [-0.1, -0.05) is 0 Å². The van der Waals surface area contributed by atoms with Gasteiger partial charge in [0.1, 0.15) is 13.2 Å². The molecule has 0 unspecified atom stereocenters. The van der Waals surface area contributed by atoms with E-state index in [0.29, 0.717) is 49.1 Å². The van der Waals surface area contributed by atoms with Gasteiger partial charge in [0.25, 0.3) is 5.91 Å². The first kappa shape index (κ1) is 21.2. The van der Waals surface area contributed by atoms with Gasteiger partial charge in [0.15, 0.2) is 18.1 Å². The highest BCUT2D eigenvalue weighted by molar-refractivity contribution is 6.02. The summed E-state index contributed by atoms with van der Waals surface area (Å²) in [6.45, 7) is 0.887. The fraction of sp³-hybridized carbons (Fsp3) is 0.273. The lowest BCUT2D eigenvalue weighted by atomic mass is 10.2. The molecule has 4 rings (SSSR count). The molecule has 166 valence electrons. The molecule has 10 nitrogen and oxygen atoms in total. The van der Waals surface area contributed by atoms with Gasteiger partial charge in [-0.3, -0.25) is 14.9 Å². The van der Waals surface area contributed by atoms with Crippen LogP contribution in [0.25, 0.3) is 0 Å². The van der Waals surface area contributed by atoms with Gasteiger partial charge in [-0.25, -0.2) is 9.59 Å². The van der Waals surface area contributed by atoms with Gasteiger partial charge in [-0.05, 0) is 42.8 Å². The molecular formula is C22H21N3O7. The number of esters is 1. The van der Waals surface area contributed by atoms with Gasteiger partial charge in [0, 0.05) is 30.4 Å². The first-order valence-corrected chi connectivity index (χ1v) is 10.1. The third kappa shape index (κ3) is 4.97. The van der Waals surface area contributed by atoms with Crippen LogP contribution in [-0.4, -0.2) is 50.2 Å². The highest BCUT2D eigenvalue weighted by Gasteiger charge is 2.22. The summed E-state index contributed by atoms with van der Waals surface area (Å²) in [6.07, 6.45) is 1.32. The topological polar surface area (TPSA) is 123 Å². The predicted octanol–water partition coefficient (Wildman–Crippen LogP) is 2.09. The van der Waals surface area contributed by atoms with Crippen molar-refractivity contribution in [1.29, 1.82) is 0 Å². The lowest BCUT2D eigenvalue weighted by molar-refractivity contribution is -0.123. The Morgan fingerprint density at radius 2 is 1.75 bits per heavy atom. The number of rotatable bonds is 5. The number of ether oxygens (including phenoxy) is 3. The Kier molecular flexibility index (Phi) is 6.20. The molecule has 10 heteroatoms. The van der Waals surface area contributed by atoms with E-state index in [1.807, 2.05) is 0 Å². The molecule has 0 atom stereocenters. The van der Waals surface area contributed by atoms with E-state index in [1.54, 1.807) is 35.2 Å². The normalized spacial score (nSPS) is 14.6. The standard InChI is InChI=1S/C22H21N3O7/c26-19(24-22(29)23-15-5-8-17-18(12-15)31-11-10-30-17)13-32-21(28)14-3-6-16(7-4-14)25-9-1-2-20(25)27/h3-8,12H,1-2,9-11,13H2,(H2,23,24,26,29). The van der Waals surface area contributed by atoms with Gasteiger partial charge in [0.2, 0.25) is 5.91 Å². The molecule has 2 aliphatic rings. The molecular weight excluding hydrogens is 418 g/mol. The van der Waals surface area contributed by atoms with Gasteiger partial charge < -0.3 is 24.4 Å². The Bertz CT molecular complexity index is 1050. The smallest absolute Gasteiger partial charge is 0.338 e. The molecule has 2 aromatic rings. The molecule has 0 spiro atoms. The van der Waals surface area contributed by atoms with Gasteiger partial charge in [0.05, 0.1) is 5.56 Å². The summed E-state index contributed by atoms with van der Waals surface area (Å²) in [6, 6.07) is 10.4. The number of anilines is 2. The zero-order valence-electron chi connectivity index (χ0n) is 17.1. The Balaban J connectivity index is 1.24. The van der Waals surface area contributed by atoms with E-state index in [4.69, 9.17) is 14.2 Å². The van der Waals surface area contributed by atoms with E-state index >= 15 is 0 Å². The number of imide groups is 1. The lowest BCUT2D eigenvalue weighted by Crippen LogP contribution is -2.37. The van der Waals surface area contributed by atoms with Gasteiger partial charge >= 0.3 is 12.0 Å². The molecule has 4 amide bonds. The third-order valence-electron chi connectivity index (χ3n) is 4.88. The van der Waals surface area contributed by atoms with E-state index in [2.05, 4.69) is 10.6 Å². The number of benzene rings is 2. The predicted molar refractivity (Wildman–Crippen MR) is 113 cm³/mol. The van der Waals surface area contributed by atoms with Crippen LogP contribution in [0, 0.1) is 0 Å². The van der Waals surface area contributed by atoms with Crippen molar-refractivity contribution in [3.05, 3.63) is 48.0 Å². The van der Waals surface area contributed by atoms with Crippen LogP contribution in [0.1, 0.15) is 23.2 Å². The first-order valence-electron chi connectivity index (χ1n) is 10.1. The van der Waals surface area contributed by atoms with Crippen LogP contribution in [0.5, 0.6) is 11.5 Å². The summed E-state index contributed by atoms with van der Waals surface area (Å²) in [5.41, 5.74) is 1.35. The quantitative estimate of drug-likeness (QED) is 0.684. The van der Waals surface area contributed by atoms with Crippen LogP contribution in [-0.2, 0) is 14.3 Å². The highest BCUT2D eigenvalue weighted by atomic mass is 16.6. The molecule has 32 heavy (non-hydrogen) atoms. The summed E-state index contributed by atoms with van der Waals surface area (Å²) in [5, 5.41) is 4.58. The number of fused-ring (bicyclic) bond motifs is 1. The number of amides is 4. The zero-order valence-corrected chi connectivity index (χ0v) is 17.1. The summed E-state index contributed by atoms with van der Waals surface area (Å²) in [5.74, 6) is -0.384. The van der Waals surface area contributed by atoms with Crippen molar-refractivity contribution in [2.75, 3.05) is 36.6 Å². The number of urea groups is 1. The number of hydrogen-bond donors (Lipinski definition) is 2. The van der Waals surface area contributed by atoms with Crippen molar-refractivity contribution in [3.8, 4) is 11.5 Å². The van der Waals surface area contributed by atoms with Gasteiger partial charge in [-0.2, -0.15) is 0 Å². The maximum atomic E-state index is 12.2. The Labute approximate surface area is 183 Å². The molecule has 2 aromatic carbocycles. The van der Waals surface area contributed by atoms with Crippen molar-refractivity contribution in [2.45, 2.75) is 12.8 Å². The molecule has 0 bridgehead atoms. The summed E-state index contributed by atoms with van der Waals surface area (Å²) in [7, 11) is 0. The minimum atomic E-state index is -0.785. The van der Waals surface area contributed by atoms with Crippen LogP contribution in [0.4, 0.5) is 16.2 Å². The minimum absolute atomic E-state index is 0.0477. The largest absolute Gasteiger partial charge is 0.486 e. The summed E-state index contributed by atoms with van der Waals surface area (Å²) >= 11 is 0. The third-order valence-corrected chi connectivity index (χ3v) is 4.88. The van der Waals surface area contributed by atoms with E-state index in [9.17, 15) is 19.2 Å². The van der Waals surface area contributed by atoms with Crippen molar-refractivity contribution in [1.82, 2.24) is 5.32 Å². The second-order valence-corrected chi connectivity index (χ2v) is 7.13. The van der Waals surface area contributed by atoms with Crippen molar-refractivity contribution in [3.63, 3.8) is 0 Å². The average Bonchev–Trinajstić information content (AvgIpc) is 3.23. The summed E-state index contributed by atoms with van der Waals surface area (Å²) in [4.78, 5) is 49.5. The van der Waals surface area contributed by atoms with Crippen LogP contribution in [0.3, 0.4) is 0 Å². The second-order valence-electron chi connectivity index (χ2n) is 7.13. The molecule has 0 aliphatic carbocycles.